The van der Waals surface area contributed by atoms with Crippen LogP contribution in [0.3, 0.4) is 0 Å². The normalized spacial score (nSPS) is 11.7. The highest BCUT2D eigenvalue weighted by Crippen LogP contribution is 2.17. The van der Waals surface area contributed by atoms with Crippen LogP contribution in [0, 0.1) is 5.92 Å². The standard InChI is InChI=1S/C19H22O3/c1-3-21-19(20)15(2)13-16-9-11-18(12-10-16)22-14-17-7-5-4-6-8-17/h4-12,15H,3,13-14H2,1-2H3. The molecule has 0 aliphatic heterocycles. The largest absolute Gasteiger partial charge is 0.489 e. The van der Waals surface area contributed by atoms with Gasteiger partial charge >= 0.3 is 5.97 Å². The second-order valence-electron chi connectivity index (χ2n) is 5.28. The van der Waals surface area contributed by atoms with Crippen LogP contribution >= 0.6 is 0 Å². The summed E-state index contributed by atoms with van der Waals surface area (Å²) in [5.41, 5.74) is 2.25. The first kappa shape index (κ1) is 16.1. The molecule has 1 unspecified atom stereocenters. The third-order valence-corrected chi connectivity index (χ3v) is 3.40. The molecular weight excluding hydrogens is 276 g/mol. The number of hydrogen-bond acceptors (Lipinski definition) is 3. The lowest BCUT2D eigenvalue weighted by Crippen LogP contribution is -2.16. The van der Waals surface area contributed by atoms with Crippen molar-refractivity contribution in [2.45, 2.75) is 26.9 Å². The van der Waals surface area contributed by atoms with E-state index < -0.39 is 0 Å². The van der Waals surface area contributed by atoms with Gasteiger partial charge in [-0.15, -0.1) is 0 Å². The first-order valence-corrected chi connectivity index (χ1v) is 7.61. The summed E-state index contributed by atoms with van der Waals surface area (Å²) in [6.07, 6.45) is 0.678. The number of rotatable bonds is 7. The van der Waals surface area contributed by atoms with E-state index in [1.165, 1.54) is 0 Å². The van der Waals surface area contributed by atoms with Crippen LogP contribution in [-0.2, 0) is 22.6 Å². The zero-order valence-electron chi connectivity index (χ0n) is 13.1. The molecule has 0 amide bonds. The molecule has 3 heteroatoms. The van der Waals surface area contributed by atoms with Crippen LogP contribution in [0.25, 0.3) is 0 Å². The number of benzene rings is 2. The van der Waals surface area contributed by atoms with Gasteiger partial charge in [-0.3, -0.25) is 4.79 Å². The molecule has 0 aromatic heterocycles. The maximum absolute atomic E-state index is 11.6. The van der Waals surface area contributed by atoms with Crippen LogP contribution in [0.1, 0.15) is 25.0 Å². The molecule has 0 heterocycles. The average molecular weight is 298 g/mol. The van der Waals surface area contributed by atoms with Crippen LogP contribution in [0.15, 0.2) is 54.6 Å². The van der Waals surface area contributed by atoms with E-state index >= 15 is 0 Å². The molecule has 0 fully saturated rings. The van der Waals surface area contributed by atoms with E-state index in [9.17, 15) is 4.79 Å². The monoisotopic (exact) mass is 298 g/mol. The highest BCUT2D eigenvalue weighted by molar-refractivity contribution is 5.72. The summed E-state index contributed by atoms with van der Waals surface area (Å²) in [5.74, 6) is 0.555. The molecule has 2 aromatic rings. The number of hydrogen-bond donors (Lipinski definition) is 0. The Morgan fingerprint density at radius 2 is 1.68 bits per heavy atom. The van der Waals surface area contributed by atoms with E-state index in [2.05, 4.69) is 0 Å². The smallest absolute Gasteiger partial charge is 0.308 e. The summed E-state index contributed by atoms with van der Waals surface area (Å²) in [7, 11) is 0. The molecule has 0 radical (unpaired) electrons. The fourth-order valence-electron chi connectivity index (χ4n) is 2.18. The lowest BCUT2D eigenvalue weighted by atomic mass is 10.0. The van der Waals surface area contributed by atoms with Crippen LogP contribution in [0.2, 0.25) is 0 Å². The van der Waals surface area contributed by atoms with Crippen molar-refractivity contribution in [2.24, 2.45) is 5.92 Å². The molecular formula is C19H22O3. The molecule has 2 rings (SSSR count). The maximum atomic E-state index is 11.6. The molecule has 0 aliphatic carbocycles. The fraction of sp³-hybridized carbons (Fsp3) is 0.316. The quantitative estimate of drug-likeness (QED) is 0.725. The van der Waals surface area contributed by atoms with Gasteiger partial charge in [-0.25, -0.2) is 0 Å². The van der Waals surface area contributed by atoms with Gasteiger partial charge in [-0.1, -0.05) is 49.4 Å². The molecule has 0 bridgehead atoms. The Labute approximate surface area is 131 Å². The number of carbonyl (C=O) groups is 1. The Bertz CT molecular complexity index is 575. The molecule has 3 nitrogen and oxygen atoms in total. The van der Waals surface area contributed by atoms with Gasteiger partial charge in [0.05, 0.1) is 12.5 Å². The van der Waals surface area contributed by atoms with Gasteiger partial charge in [0.15, 0.2) is 0 Å². The average Bonchev–Trinajstić information content (AvgIpc) is 2.55. The van der Waals surface area contributed by atoms with E-state index in [1.54, 1.807) is 0 Å². The predicted molar refractivity (Wildman–Crippen MR) is 86.7 cm³/mol. The van der Waals surface area contributed by atoms with Gasteiger partial charge in [0.2, 0.25) is 0 Å². The minimum Gasteiger partial charge on any atom is -0.489 e. The summed E-state index contributed by atoms with van der Waals surface area (Å²) >= 11 is 0. The van der Waals surface area contributed by atoms with Crippen molar-refractivity contribution in [3.8, 4) is 5.75 Å². The SMILES string of the molecule is CCOC(=O)C(C)Cc1ccc(OCc2ccccc2)cc1. The Kier molecular flexibility index (Phi) is 6.01. The summed E-state index contributed by atoms with van der Waals surface area (Å²) in [5, 5.41) is 0. The Hall–Kier alpha value is -2.29. The van der Waals surface area contributed by atoms with Crippen LogP contribution in [-0.4, -0.2) is 12.6 Å². The van der Waals surface area contributed by atoms with Gasteiger partial charge in [0, 0.05) is 0 Å². The van der Waals surface area contributed by atoms with Gasteiger partial charge in [-0.05, 0) is 36.6 Å². The number of carbonyl (C=O) groups excluding carboxylic acids is 1. The minimum atomic E-state index is -0.146. The molecule has 1 atom stereocenters. The molecule has 0 saturated heterocycles. The molecule has 0 aliphatic rings. The van der Waals surface area contributed by atoms with Gasteiger partial charge < -0.3 is 9.47 Å². The summed E-state index contributed by atoms with van der Waals surface area (Å²) in [6, 6.07) is 17.9. The van der Waals surface area contributed by atoms with Crippen molar-refractivity contribution in [1.29, 1.82) is 0 Å². The first-order valence-electron chi connectivity index (χ1n) is 7.61. The van der Waals surface area contributed by atoms with Crippen LogP contribution in [0.4, 0.5) is 0 Å². The summed E-state index contributed by atoms with van der Waals surface area (Å²) in [4.78, 5) is 11.6. The van der Waals surface area contributed by atoms with Crippen LogP contribution in [0.5, 0.6) is 5.75 Å². The van der Waals surface area contributed by atoms with E-state index in [4.69, 9.17) is 9.47 Å². The third kappa shape index (κ3) is 4.92. The third-order valence-electron chi connectivity index (χ3n) is 3.40. The lowest BCUT2D eigenvalue weighted by Gasteiger charge is -2.11. The molecule has 2 aromatic carbocycles. The van der Waals surface area contributed by atoms with Crippen molar-refractivity contribution in [2.75, 3.05) is 6.61 Å². The van der Waals surface area contributed by atoms with Crippen LogP contribution < -0.4 is 4.74 Å². The van der Waals surface area contributed by atoms with E-state index in [-0.39, 0.29) is 11.9 Å². The van der Waals surface area contributed by atoms with Crippen molar-refractivity contribution in [3.63, 3.8) is 0 Å². The molecule has 0 saturated carbocycles. The highest BCUT2D eigenvalue weighted by atomic mass is 16.5. The van der Waals surface area contributed by atoms with E-state index in [0.717, 1.165) is 16.9 Å². The van der Waals surface area contributed by atoms with E-state index in [1.807, 2.05) is 68.4 Å². The second kappa shape index (κ2) is 8.23. The fourth-order valence-corrected chi connectivity index (χ4v) is 2.18. The number of ether oxygens (including phenoxy) is 2. The molecule has 22 heavy (non-hydrogen) atoms. The van der Waals surface area contributed by atoms with Gasteiger partial charge in [0.1, 0.15) is 12.4 Å². The lowest BCUT2D eigenvalue weighted by molar-refractivity contribution is -0.147. The topological polar surface area (TPSA) is 35.5 Å². The zero-order valence-corrected chi connectivity index (χ0v) is 13.1. The predicted octanol–water partition coefficient (Wildman–Crippen LogP) is 4.01. The van der Waals surface area contributed by atoms with Crippen molar-refractivity contribution in [1.82, 2.24) is 0 Å². The Balaban J connectivity index is 1.86. The van der Waals surface area contributed by atoms with Crippen molar-refractivity contribution in [3.05, 3.63) is 65.7 Å². The first-order chi connectivity index (χ1) is 10.7. The molecule has 116 valence electrons. The maximum Gasteiger partial charge on any atom is 0.308 e. The molecule has 0 N–H and O–H groups in total. The van der Waals surface area contributed by atoms with Gasteiger partial charge in [0.25, 0.3) is 0 Å². The van der Waals surface area contributed by atoms with E-state index in [0.29, 0.717) is 19.6 Å². The zero-order chi connectivity index (χ0) is 15.8. The second-order valence-corrected chi connectivity index (χ2v) is 5.28. The highest BCUT2D eigenvalue weighted by Gasteiger charge is 2.14. The molecule has 0 spiro atoms. The van der Waals surface area contributed by atoms with Gasteiger partial charge in [-0.2, -0.15) is 0 Å². The van der Waals surface area contributed by atoms with Crippen molar-refractivity contribution >= 4 is 5.97 Å². The summed E-state index contributed by atoms with van der Waals surface area (Å²) in [6.45, 7) is 4.69. The Morgan fingerprint density at radius 1 is 1.00 bits per heavy atom. The minimum absolute atomic E-state index is 0.129. The van der Waals surface area contributed by atoms with Crippen molar-refractivity contribution < 1.29 is 14.3 Å². The summed E-state index contributed by atoms with van der Waals surface area (Å²) < 4.78 is 10.8. The Morgan fingerprint density at radius 3 is 2.32 bits per heavy atom. The number of esters is 1.